The Bertz CT molecular complexity index is 539. The maximum absolute atomic E-state index is 12.3. The SMILES string of the molecule is C[C@H]1CCCN(Cc2ccc(C(=O)NCCSC3CCCC3)cc2)C1. The van der Waals surface area contributed by atoms with E-state index in [-0.39, 0.29) is 5.91 Å². The second-order valence-electron chi connectivity index (χ2n) is 7.71. The van der Waals surface area contributed by atoms with Crippen LogP contribution < -0.4 is 5.32 Å². The summed E-state index contributed by atoms with van der Waals surface area (Å²) in [4.78, 5) is 14.8. The molecule has 3 nitrogen and oxygen atoms in total. The third-order valence-corrected chi connectivity index (χ3v) is 6.79. The first-order chi connectivity index (χ1) is 12.2. The van der Waals surface area contributed by atoms with E-state index in [4.69, 9.17) is 0 Å². The lowest BCUT2D eigenvalue weighted by Gasteiger charge is -2.30. The molecule has 0 spiro atoms. The normalized spacial score (nSPS) is 22.2. The summed E-state index contributed by atoms with van der Waals surface area (Å²) in [7, 11) is 0. The highest BCUT2D eigenvalue weighted by atomic mass is 32.2. The van der Waals surface area contributed by atoms with Crippen LogP contribution in [-0.4, -0.2) is 41.4 Å². The molecule has 3 rings (SSSR count). The fraction of sp³-hybridized carbons (Fsp3) is 0.667. The summed E-state index contributed by atoms with van der Waals surface area (Å²) >= 11 is 2.02. The lowest BCUT2D eigenvalue weighted by Crippen LogP contribution is -2.33. The van der Waals surface area contributed by atoms with Gasteiger partial charge in [0, 0.05) is 36.2 Å². The van der Waals surface area contributed by atoms with Crippen LogP contribution in [0.5, 0.6) is 0 Å². The van der Waals surface area contributed by atoms with Gasteiger partial charge in [-0.3, -0.25) is 9.69 Å². The number of rotatable bonds is 7. The monoisotopic (exact) mass is 360 g/mol. The average Bonchev–Trinajstić information content (AvgIpc) is 3.13. The number of nitrogens with one attached hydrogen (secondary N) is 1. The smallest absolute Gasteiger partial charge is 0.251 e. The first-order valence-electron chi connectivity index (χ1n) is 9.92. The Morgan fingerprint density at radius 2 is 1.92 bits per heavy atom. The van der Waals surface area contributed by atoms with E-state index in [0.29, 0.717) is 0 Å². The number of hydrogen-bond acceptors (Lipinski definition) is 3. The molecule has 4 heteroatoms. The number of carbonyl (C=O) groups is 1. The molecule has 1 N–H and O–H groups in total. The molecule has 25 heavy (non-hydrogen) atoms. The maximum Gasteiger partial charge on any atom is 0.251 e. The largest absolute Gasteiger partial charge is 0.351 e. The predicted octanol–water partition coefficient (Wildman–Crippen LogP) is 4.32. The van der Waals surface area contributed by atoms with Crippen LogP contribution in [0.3, 0.4) is 0 Å². The van der Waals surface area contributed by atoms with Gasteiger partial charge in [0.05, 0.1) is 0 Å². The number of likely N-dealkylation sites (tertiary alicyclic amines) is 1. The molecule has 0 unspecified atom stereocenters. The molecule has 0 bridgehead atoms. The van der Waals surface area contributed by atoms with Gasteiger partial charge in [-0.2, -0.15) is 11.8 Å². The van der Waals surface area contributed by atoms with Gasteiger partial charge in [-0.15, -0.1) is 0 Å². The van der Waals surface area contributed by atoms with Crippen LogP contribution in [0.15, 0.2) is 24.3 Å². The third-order valence-electron chi connectivity index (χ3n) is 5.41. The highest BCUT2D eigenvalue weighted by Gasteiger charge is 2.17. The van der Waals surface area contributed by atoms with Crippen molar-refractivity contribution in [3.05, 3.63) is 35.4 Å². The van der Waals surface area contributed by atoms with Crippen LogP contribution in [-0.2, 0) is 6.54 Å². The Kier molecular flexibility index (Phi) is 7.23. The van der Waals surface area contributed by atoms with Crippen molar-refractivity contribution in [1.82, 2.24) is 10.2 Å². The first-order valence-corrected chi connectivity index (χ1v) is 11.0. The van der Waals surface area contributed by atoms with E-state index < -0.39 is 0 Å². The molecule has 1 saturated heterocycles. The zero-order chi connectivity index (χ0) is 17.5. The van der Waals surface area contributed by atoms with Gasteiger partial charge in [0.1, 0.15) is 0 Å². The Morgan fingerprint density at radius 1 is 1.16 bits per heavy atom. The topological polar surface area (TPSA) is 32.3 Å². The Morgan fingerprint density at radius 3 is 2.64 bits per heavy atom. The minimum Gasteiger partial charge on any atom is -0.351 e. The first kappa shape index (κ1) is 18.8. The second-order valence-corrected chi connectivity index (χ2v) is 9.12. The maximum atomic E-state index is 12.3. The van der Waals surface area contributed by atoms with Gasteiger partial charge in [0.25, 0.3) is 5.91 Å². The molecule has 2 fully saturated rings. The number of amides is 1. The lowest BCUT2D eigenvalue weighted by molar-refractivity contribution is 0.0956. The summed E-state index contributed by atoms with van der Waals surface area (Å²) in [5.41, 5.74) is 2.09. The van der Waals surface area contributed by atoms with Crippen molar-refractivity contribution < 1.29 is 4.79 Å². The van der Waals surface area contributed by atoms with Crippen molar-refractivity contribution in [2.75, 3.05) is 25.4 Å². The van der Waals surface area contributed by atoms with Crippen LogP contribution in [0.25, 0.3) is 0 Å². The number of thioether (sulfide) groups is 1. The van der Waals surface area contributed by atoms with E-state index in [1.165, 1.54) is 57.2 Å². The minimum absolute atomic E-state index is 0.0603. The molecule has 1 aliphatic carbocycles. The van der Waals surface area contributed by atoms with Gasteiger partial charge in [-0.25, -0.2) is 0 Å². The van der Waals surface area contributed by atoms with Crippen molar-refractivity contribution in [3.63, 3.8) is 0 Å². The lowest BCUT2D eigenvalue weighted by atomic mass is 9.99. The summed E-state index contributed by atoms with van der Waals surface area (Å²) in [5, 5.41) is 3.89. The fourth-order valence-electron chi connectivity index (χ4n) is 4.00. The molecule has 1 saturated carbocycles. The zero-order valence-corrected chi connectivity index (χ0v) is 16.3. The summed E-state index contributed by atoms with van der Waals surface area (Å²) in [5.74, 6) is 1.90. The number of carbonyl (C=O) groups excluding carboxylic acids is 1. The van der Waals surface area contributed by atoms with E-state index in [9.17, 15) is 4.79 Å². The number of hydrogen-bond donors (Lipinski definition) is 1. The van der Waals surface area contributed by atoms with Gasteiger partial charge in [0.2, 0.25) is 0 Å². The van der Waals surface area contributed by atoms with Crippen molar-refractivity contribution in [2.45, 2.75) is 57.2 Å². The van der Waals surface area contributed by atoms with Crippen LogP contribution in [0.4, 0.5) is 0 Å². The number of nitrogens with zero attached hydrogens (tertiary/aromatic N) is 1. The summed E-state index contributed by atoms with van der Waals surface area (Å²) in [6, 6.07) is 8.17. The summed E-state index contributed by atoms with van der Waals surface area (Å²) < 4.78 is 0. The molecule has 138 valence electrons. The van der Waals surface area contributed by atoms with Crippen molar-refractivity contribution in [1.29, 1.82) is 0 Å². The van der Waals surface area contributed by atoms with Crippen molar-refractivity contribution >= 4 is 17.7 Å². The molecule has 1 atom stereocenters. The highest BCUT2D eigenvalue weighted by molar-refractivity contribution is 7.99. The molecule has 1 aromatic rings. The van der Waals surface area contributed by atoms with E-state index in [0.717, 1.165) is 35.6 Å². The molecule has 0 radical (unpaired) electrons. The van der Waals surface area contributed by atoms with Gasteiger partial charge in [-0.1, -0.05) is 31.9 Å². The van der Waals surface area contributed by atoms with Crippen molar-refractivity contribution in [2.24, 2.45) is 5.92 Å². The summed E-state index contributed by atoms with van der Waals surface area (Å²) in [6.45, 7) is 6.51. The molecule has 0 aromatic heterocycles. The van der Waals surface area contributed by atoms with Crippen LogP contribution in [0, 0.1) is 5.92 Å². The van der Waals surface area contributed by atoms with E-state index in [2.05, 4.69) is 29.3 Å². The van der Waals surface area contributed by atoms with Crippen LogP contribution in [0.2, 0.25) is 0 Å². The van der Waals surface area contributed by atoms with Gasteiger partial charge in [-0.05, 0) is 55.8 Å². The molecule has 1 heterocycles. The molecule has 1 amide bonds. The van der Waals surface area contributed by atoms with Crippen molar-refractivity contribution in [3.8, 4) is 0 Å². The molecule has 1 aliphatic heterocycles. The Labute approximate surface area is 156 Å². The van der Waals surface area contributed by atoms with E-state index in [1.807, 2.05) is 23.9 Å². The molecular formula is C21H32N2OS. The number of benzene rings is 1. The Hall–Kier alpha value is -1.00. The Balaban J connectivity index is 1.39. The summed E-state index contributed by atoms with van der Waals surface area (Å²) in [6.07, 6.45) is 8.14. The van der Waals surface area contributed by atoms with Crippen LogP contribution >= 0.6 is 11.8 Å². The highest BCUT2D eigenvalue weighted by Crippen LogP contribution is 2.28. The predicted molar refractivity (Wildman–Crippen MR) is 107 cm³/mol. The molecular weight excluding hydrogens is 328 g/mol. The van der Waals surface area contributed by atoms with Crippen LogP contribution in [0.1, 0.15) is 61.4 Å². The van der Waals surface area contributed by atoms with E-state index in [1.54, 1.807) is 0 Å². The molecule has 2 aliphatic rings. The minimum atomic E-state index is 0.0603. The fourth-order valence-corrected chi connectivity index (χ4v) is 5.22. The zero-order valence-electron chi connectivity index (χ0n) is 15.5. The quantitative estimate of drug-likeness (QED) is 0.735. The van der Waals surface area contributed by atoms with Gasteiger partial charge < -0.3 is 5.32 Å². The third kappa shape index (κ3) is 6.03. The van der Waals surface area contributed by atoms with Gasteiger partial charge >= 0.3 is 0 Å². The van der Waals surface area contributed by atoms with E-state index >= 15 is 0 Å². The van der Waals surface area contributed by atoms with Gasteiger partial charge in [0.15, 0.2) is 0 Å². The molecule has 1 aromatic carbocycles. The second kappa shape index (κ2) is 9.63. The number of piperidine rings is 1. The standard InChI is InChI=1S/C21H32N2OS/c1-17-5-4-13-23(15-17)16-18-8-10-19(11-9-18)21(24)22-12-14-25-20-6-2-3-7-20/h8-11,17,20H,2-7,12-16H2,1H3,(H,22,24)/t17-/m0/s1. The average molecular weight is 361 g/mol.